The van der Waals surface area contributed by atoms with Crippen LogP contribution in [0.15, 0.2) is 114 Å². The van der Waals surface area contributed by atoms with E-state index in [0.717, 1.165) is 16.1 Å². The zero-order chi connectivity index (χ0) is 28.7. The fraction of sp³-hybridized carbons (Fsp3) is 0.100. The quantitative estimate of drug-likeness (QED) is 0.186. The van der Waals surface area contributed by atoms with E-state index >= 15 is 0 Å². The van der Waals surface area contributed by atoms with Crippen LogP contribution in [0.5, 0.6) is 11.5 Å². The van der Waals surface area contributed by atoms with E-state index in [1.54, 1.807) is 36.5 Å². The molecule has 2 N–H and O–H groups in total. The van der Waals surface area contributed by atoms with Gasteiger partial charge in [0.25, 0.3) is 0 Å². The molecule has 0 fully saturated rings. The number of aliphatic carboxylic acids is 1. The van der Waals surface area contributed by atoms with Gasteiger partial charge in [0.1, 0.15) is 28.9 Å². The maximum Gasteiger partial charge on any atom is 0.322 e. The van der Waals surface area contributed by atoms with E-state index in [-0.39, 0.29) is 24.5 Å². The lowest BCUT2D eigenvalue weighted by atomic mass is 10.1. The van der Waals surface area contributed by atoms with Gasteiger partial charge < -0.3 is 15.2 Å². The lowest BCUT2D eigenvalue weighted by Gasteiger charge is -2.23. The van der Waals surface area contributed by atoms with Gasteiger partial charge in [-0.15, -0.1) is 11.3 Å². The lowest BCUT2D eigenvalue weighted by Crippen LogP contribution is -2.30. The fourth-order valence-corrected chi connectivity index (χ4v) is 6.06. The molecular weight excluding hydrogens is 560 g/mol. The Morgan fingerprint density at radius 2 is 1.61 bits per heavy atom. The van der Waals surface area contributed by atoms with Crippen LogP contribution in [0.1, 0.15) is 11.3 Å². The molecule has 2 heterocycles. The van der Waals surface area contributed by atoms with Crippen LogP contribution in [0.3, 0.4) is 0 Å². The number of para-hydroxylation sites is 1. The Hall–Kier alpha value is -4.58. The van der Waals surface area contributed by atoms with Crippen molar-refractivity contribution in [2.75, 3.05) is 11.9 Å². The first-order valence-corrected chi connectivity index (χ1v) is 14.9. The molecule has 11 heteroatoms. The number of rotatable bonds is 12. The zero-order valence-electron chi connectivity index (χ0n) is 21.8. The van der Waals surface area contributed by atoms with E-state index in [1.807, 2.05) is 60.0 Å². The number of anilines is 1. The van der Waals surface area contributed by atoms with Crippen molar-refractivity contribution in [3.05, 3.63) is 120 Å². The highest BCUT2D eigenvalue weighted by Crippen LogP contribution is 2.27. The van der Waals surface area contributed by atoms with Crippen LogP contribution >= 0.6 is 11.3 Å². The van der Waals surface area contributed by atoms with E-state index < -0.39 is 16.0 Å². The third-order valence-corrected chi connectivity index (χ3v) is 8.63. The number of benzene rings is 3. The molecule has 0 aliphatic rings. The summed E-state index contributed by atoms with van der Waals surface area (Å²) >= 11 is 1.53. The van der Waals surface area contributed by atoms with Crippen LogP contribution in [0, 0.1) is 0 Å². The molecule has 3 aromatic carbocycles. The van der Waals surface area contributed by atoms with E-state index in [9.17, 15) is 13.2 Å². The number of aromatic nitrogens is 2. The molecule has 5 rings (SSSR count). The Balaban J connectivity index is 1.41. The van der Waals surface area contributed by atoms with Gasteiger partial charge in [-0.05, 0) is 54.1 Å². The van der Waals surface area contributed by atoms with Crippen LogP contribution in [0.25, 0.3) is 10.6 Å². The summed E-state index contributed by atoms with van der Waals surface area (Å²) in [7, 11) is -3.97. The summed E-state index contributed by atoms with van der Waals surface area (Å²) in [6.07, 6.45) is 1.74. The molecule has 2 aromatic heterocycles. The van der Waals surface area contributed by atoms with E-state index in [1.165, 1.54) is 27.8 Å². The van der Waals surface area contributed by atoms with Crippen LogP contribution in [-0.4, -0.2) is 40.3 Å². The normalized spacial score (nSPS) is 11.3. The van der Waals surface area contributed by atoms with E-state index in [4.69, 9.17) is 9.84 Å². The molecule has 0 saturated carbocycles. The molecule has 0 amide bonds. The van der Waals surface area contributed by atoms with Crippen molar-refractivity contribution in [1.29, 1.82) is 0 Å². The second kappa shape index (κ2) is 12.7. The number of hydrogen-bond donors (Lipinski definition) is 2. The number of hydrogen-bond acceptors (Lipinski definition) is 8. The van der Waals surface area contributed by atoms with E-state index in [0.29, 0.717) is 23.0 Å². The van der Waals surface area contributed by atoms with Crippen LogP contribution < -0.4 is 10.1 Å². The minimum absolute atomic E-state index is 0.0264. The van der Waals surface area contributed by atoms with Gasteiger partial charge in [0, 0.05) is 23.7 Å². The summed E-state index contributed by atoms with van der Waals surface area (Å²) in [6, 6.07) is 28.2. The first-order valence-electron chi connectivity index (χ1n) is 12.6. The number of thiazole rings is 1. The van der Waals surface area contributed by atoms with Gasteiger partial charge >= 0.3 is 5.97 Å². The third-order valence-electron chi connectivity index (χ3n) is 6.00. The second-order valence-electron chi connectivity index (χ2n) is 8.96. The highest BCUT2D eigenvalue weighted by atomic mass is 32.2. The molecule has 41 heavy (non-hydrogen) atoms. The molecule has 208 valence electrons. The van der Waals surface area contributed by atoms with E-state index in [2.05, 4.69) is 15.3 Å². The molecule has 0 bridgehead atoms. The molecule has 5 aromatic rings. The Morgan fingerprint density at radius 3 is 2.29 bits per heavy atom. The first-order chi connectivity index (χ1) is 19.9. The Bertz CT molecular complexity index is 1690. The SMILES string of the molecule is O=C(O)CNc1cccc(CN(Cc2ccc(-c3nccs3)cc2)S(=O)(=O)c2ccc(Oc3ccccc3)cc2)n1. The monoisotopic (exact) mass is 586 g/mol. The number of carbonyl (C=O) groups is 1. The summed E-state index contributed by atoms with van der Waals surface area (Å²) in [5.74, 6) is 0.478. The molecule has 0 atom stereocenters. The van der Waals surface area contributed by atoms with Crippen LogP contribution in [0.4, 0.5) is 5.82 Å². The lowest BCUT2D eigenvalue weighted by molar-refractivity contribution is -0.134. The minimum atomic E-state index is -3.97. The average molecular weight is 587 g/mol. The summed E-state index contributed by atoms with van der Waals surface area (Å²) in [5.41, 5.74) is 2.21. The number of nitrogens with one attached hydrogen (secondary N) is 1. The third kappa shape index (κ3) is 7.34. The molecule has 0 radical (unpaired) electrons. The average Bonchev–Trinajstić information content (AvgIpc) is 3.52. The van der Waals surface area contributed by atoms with Gasteiger partial charge in [-0.3, -0.25) is 4.79 Å². The largest absolute Gasteiger partial charge is 0.480 e. The second-order valence-corrected chi connectivity index (χ2v) is 11.8. The molecule has 9 nitrogen and oxygen atoms in total. The fourth-order valence-electron chi connectivity index (χ4n) is 4.01. The van der Waals surface area contributed by atoms with Gasteiger partial charge in [0.2, 0.25) is 10.0 Å². The van der Waals surface area contributed by atoms with Crippen molar-refractivity contribution < 1.29 is 23.1 Å². The topological polar surface area (TPSA) is 122 Å². The summed E-state index contributed by atoms with van der Waals surface area (Å²) in [4.78, 5) is 19.8. The number of nitrogens with zero attached hydrogens (tertiary/aromatic N) is 3. The van der Waals surface area contributed by atoms with Crippen molar-refractivity contribution in [2.45, 2.75) is 18.0 Å². The van der Waals surface area contributed by atoms with Gasteiger partial charge in [0.15, 0.2) is 0 Å². The maximum atomic E-state index is 13.9. The summed E-state index contributed by atoms with van der Waals surface area (Å²) < 4.78 is 35.0. The minimum Gasteiger partial charge on any atom is -0.480 e. The molecular formula is C30H26N4O5S2. The Kier molecular flexibility index (Phi) is 8.68. The Labute approximate surface area is 241 Å². The number of carboxylic acid groups (broad SMARTS) is 1. The van der Waals surface area contributed by atoms with Gasteiger partial charge in [-0.25, -0.2) is 18.4 Å². The number of ether oxygens (including phenoxy) is 1. The Morgan fingerprint density at radius 1 is 0.878 bits per heavy atom. The van der Waals surface area contributed by atoms with Crippen molar-refractivity contribution in [1.82, 2.24) is 14.3 Å². The number of pyridine rings is 1. The molecule has 0 spiro atoms. The molecule has 0 unspecified atom stereocenters. The van der Waals surface area contributed by atoms with Gasteiger partial charge in [0.05, 0.1) is 17.1 Å². The summed E-state index contributed by atoms with van der Waals surface area (Å²) in [6.45, 7) is -0.236. The van der Waals surface area contributed by atoms with Crippen molar-refractivity contribution in [2.24, 2.45) is 0 Å². The zero-order valence-corrected chi connectivity index (χ0v) is 23.4. The van der Waals surface area contributed by atoms with Crippen LogP contribution in [-0.2, 0) is 27.9 Å². The number of sulfonamides is 1. The van der Waals surface area contributed by atoms with Gasteiger partial charge in [-0.2, -0.15) is 4.31 Å². The molecule has 0 saturated heterocycles. The van der Waals surface area contributed by atoms with Crippen LogP contribution in [0.2, 0.25) is 0 Å². The predicted molar refractivity (Wildman–Crippen MR) is 157 cm³/mol. The predicted octanol–water partition coefficient (Wildman–Crippen LogP) is 5.89. The molecule has 0 aliphatic heterocycles. The summed E-state index contributed by atoms with van der Waals surface area (Å²) in [5, 5.41) is 14.5. The highest BCUT2D eigenvalue weighted by Gasteiger charge is 2.26. The molecule has 0 aliphatic carbocycles. The van der Waals surface area contributed by atoms with Crippen molar-refractivity contribution in [3.63, 3.8) is 0 Å². The van der Waals surface area contributed by atoms with Crippen molar-refractivity contribution in [3.8, 4) is 22.1 Å². The smallest absolute Gasteiger partial charge is 0.322 e. The van der Waals surface area contributed by atoms with Gasteiger partial charge in [-0.1, -0.05) is 48.5 Å². The highest BCUT2D eigenvalue weighted by molar-refractivity contribution is 7.89. The maximum absolute atomic E-state index is 13.9. The number of carboxylic acids is 1. The standard InChI is InChI=1S/C30H26N4O5S2/c35-29(36)19-32-28-8-4-5-24(33-28)21-34(20-22-9-11-23(12-10-22)30-31-17-18-40-30)41(37,38)27-15-13-26(14-16-27)39-25-6-2-1-3-7-25/h1-18H,19-21H2,(H,32,33)(H,35,36). The first kappa shape index (κ1) is 28.0. The van der Waals surface area contributed by atoms with Crippen molar-refractivity contribution >= 4 is 33.1 Å².